The summed E-state index contributed by atoms with van der Waals surface area (Å²) in [6.45, 7) is 1.88. The second kappa shape index (κ2) is 5.68. The number of aromatic carboxylic acids is 1. The largest absolute Gasteiger partial charge is 0.477 e. The highest BCUT2D eigenvalue weighted by molar-refractivity contribution is 5.93. The van der Waals surface area contributed by atoms with Crippen LogP contribution in [0.15, 0.2) is 18.2 Å². The number of rotatable bonds is 5. The maximum Gasteiger partial charge on any atom is 0.342 e. The fraction of sp³-hybridized carbons (Fsp3) is 0.250. The van der Waals surface area contributed by atoms with E-state index in [1.807, 2.05) is 6.92 Å². The third-order valence-corrected chi connectivity index (χ3v) is 2.37. The van der Waals surface area contributed by atoms with Crippen LogP contribution < -0.4 is 5.32 Å². The summed E-state index contributed by atoms with van der Waals surface area (Å²) in [5.74, 6) is 1.15. The highest BCUT2D eigenvalue weighted by Crippen LogP contribution is 2.23. The van der Waals surface area contributed by atoms with E-state index in [-0.39, 0.29) is 11.6 Å². The van der Waals surface area contributed by atoms with Gasteiger partial charge in [-0.05, 0) is 18.6 Å². The summed E-state index contributed by atoms with van der Waals surface area (Å²) in [4.78, 5) is 20.9. The van der Waals surface area contributed by atoms with E-state index in [2.05, 4.69) is 11.2 Å². The van der Waals surface area contributed by atoms with Gasteiger partial charge in [-0.2, -0.15) is 0 Å². The Hall–Kier alpha value is -2.55. The molecule has 0 aliphatic rings. The average molecular weight is 248 g/mol. The maximum atomic E-state index is 10.9. The van der Waals surface area contributed by atoms with E-state index in [0.29, 0.717) is 12.1 Å². The number of nitro benzene ring substituents is 1. The van der Waals surface area contributed by atoms with E-state index >= 15 is 0 Å². The number of nitrogens with one attached hydrogen (secondary N) is 1. The fourth-order valence-electron chi connectivity index (χ4n) is 1.42. The second-order valence-corrected chi connectivity index (χ2v) is 3.57. The lowest BCUT2D eigenvalue weighted by atomic mass is 10.1. The van der Waals surface area contributed by atoms with Crippen molar-refractivity contribution >= 4 is 17.3 Å². The molecule has 0 amide bonds. The predicted octanol–water partition coefficient (Wildman–Crippen LogP) is 2.12. The number of anilines is 1. The van der Waals surface area contributed by atoms with Crippen molar-refractivity contribution in [1.82, 2.24) is 0 Å². The molecule has 0 saturated carbocycles. The van der Waals surface area contributed by atoms with Crippen LogP contribution in [0.3, 0.4) is 0 Å². The molecule has 6 heteroatoms. The van der Waals surface area contributed by atoms with Gasteiger partial charge in [0.15, 0.2) is 0 Å². The smallest absolute Gasteiger partial charge is 0.342 e. The zero-order valence-corrected chi connectivity index (χ0v) is 9.71. The number of carboxylic acid groups (broad SMARTS) is 1. The van der Waals surface area contributed by atoms with E-state index < -0.39 is 16.6 Å². The molecule has 1 aromatic carbocycles. The summed E-state index contributed by atoms with van der Waals surface area (Å²) in [6, 6.07) is 3.55. The molecule has 0 aliphatic heterocycles. The molecule has 0 bridgehead atoms. The summed E-state index contributed by atoms with van der Waals surface area (Å²) >= 11 is 0. The van der Waals surface area contributed by atoms with E-state index in [9.17, 15) is 14.9 Å². The lowest BCUT2D eigenvalue weighted by Crippen LogP contribution is -2.16. The minimum absolute atomic E-state index is 0.242. The van der Waals surface area contributed by atoms with Gasteiger partial charge in [0.05, 0.1) is 11.0 Å². The van der Waals surface area contributed by atoms with Gasteiger partial charge in [-0.1, -0.05) is 12.8 Å². The van der Waals surface area contributed by atoms with E-state index in [0.717, 1.165) is 6.07 Å². The topological polar surface area (TPSA) is 92.5 Å². The van der Waals surface area contributed by atoms with E-state index in [1.165, 1.54) is 12.1 Å². The molecule has 94 valence electrons. The summed E-state index contributed by atoms with van der Waals surface area (Å²) in [5, 5.41) is 22.5. The van der Waals surface area contributed by atoms with E-state index in [4.69, 9.17) is 11.5 Å². The van der Waals surface area contributed by atoms with Gasteiger partial charge in [-0.3, -0.25) is 10.1 Å². The molecule has 1 atom stereocenters. The Morgan fingerprint density at radius 3 is 2.78 bits per heavy atom. The van der Waals surface area contributed by atoms with Gasteiger partial charge >= 0.3 is 5.97 Å². The highest BCUT2D eigenvalue weighted by atomic mass is 16.6. The van der Waals surface area contributed by atoms with Crippen molar-refractivity contribution in [3.8, 4) is 12.3 Å². The standard InChI is InChI=1S/C12H12N2O4/c1-3-8(4-2)13-9-5-6-11(14(17)18)10(7-9)12(15)16/h1,5-8,13H,4H2,2H3,(H,15,16). The number of hydrogen-bond acceptors (Lipinski definition) is 4. The first-order valence-corrected chi connectivity index (χ1v) is 5.24. The average Bonchev–Trinajstić information content (AvgIpc) is 2.35. The molecule has 0 fully saturated rings. The van der Waals surface area contributed by atoms with Gasteiger partial charge in [0.2, 0.25) is 0 Å². The van der Waals surface area contributed by atoms with Crippen molar-refractivity contribution in [2.45, 2.75) is 19.4 Å². The number of benzene rings is 1. The van der Waals surface area contributed by atoms with Gasteiger partial charge in [0.25, 0.3) is 5.69 Å². The van der Waals surface area contributed by atoms with Crippen LogP contribution in [0, 0.1) is 22.5 Å². The van der Waals surface area contributed by atoms with Crippen LogP contribution in [0.5, 0.6) is 0 Å². The van der Waals surface area contributed by atoms with Crippen LogP contribution >= 0.6 is 0 Å². The number of nitrogens with zero attached hydrogens (tertiary/aromatic N) is 1. The Morgan fingerprint density at radius 1 is 1.67 bits per heavy atom. The summed E-state index contributed by atoms with van der Waals surface area (Å²) < 4.78 is 0. The van der Waals surface area contributed by atoms with Crippen LogP contribution in [0.2, 0.25) is 0 Å². The molecule has 0 saturated heterocycles. The number of carboxylic acids is 1. The van der Waals surface area contributed by atoms with Crippen LogP contribution in [0.1, 0.15) is 23.7 Å². The maximum absolute atomic E-state index is 10.9. The Bertz CT molecular complexity index is 519. The molecule has 0 heterocycles. The van der Waals surface area contributed by atoms with Crippen LogP contribution in [-0.2, 0) is 0 Å². The molecule has 0 aromatic heterocycles. The molecule has 1 rings (SSSR count). The van der Waals surface area contributed by atoms with Crippen molar-refractivity contribution in [3.05, 3.63) is 33.9 Å². The third kappa shape index (κ3) is 2.98. The lowest BCUT2D eigenvalue weighted by molar-refractivity contribution is -0.385. The Kier molecular flexibility index (Phi) is 4.27. The molecule has 1 unspecified atom stereocenters. The van der Waals surface area contributed by atoms with Crippen molar-refractivity contribution in [2.24, 2.45) is 0 Å². The highest BCUT2D eigenvalue weighted by Gasteiger charge is 2.20. The van der Waals surface area contributed by atoms with E-state index in [1.54, 1.807) is 0 Å². The first-order valence-electron chi connectivity index (χ1n) is 5.24. The summed E-state index contributed by atoms with van der Waals surface area (Å²) in [5.41, 5.74) is -0.360. The normalized spacial score (nSPS) is 11.3. The lowest BCUT2D eigenvalue weighted by Gasteiger charge is -2.12. The predicted molar refractivity (Wildman–Crippen MR) is 66.6 cm³/mol. The number of hydrogen-bond donors (Lipinski definition) is 2. The summed E-state index contributed by atoms with van der Waals surface area (Å²) in [6.07, 6.45) is 5.93. The van der Waals surface area contributed by atoms with Gasteiger partial charge in [-0.15, -0.1) is 6.42 Å². The van der Waals surface area contributed by atoms with Crippen molar-refractivity contribution in [3.63, 3.8) is 0 Å². The second-order valence-electron chi connectivity index (χ2n) is 3.57. The van der Waals surface area contributed by atoms with Gasteiger partial charge in [0.1, 0.15) is 5.56 Å². The SMILES string of the molecule is C#CC(CC)Nc1ccc([N+](=O)[O-])c(C(=O)O)c1. The van der Waals surface area contributed by atoms with Gasteiger partial charge < -0.3 is 10.4 Å². The molecular formula is C12H12N2O4. The summed E-state index contributed by atoms with van der Waals surface area (Å²) in [7, 11) is 0. The first kappa shape index (κ1) is 13.5. The number of terminal acetylenes is 1. The molecule has 2 N–H and O–H groups in total. The van der Waals surface area contributed by atoms with Crippen LogP contribution in [0.4, 0.5) is 11.4 Å². The minimum atomic E-state index is -1.35. The Labute approximate surface area is 104 Å². The fourth-order valence-corrected chi connectivity index (χ4v) is 1.42. The minimum Gasteiger partial charge on any atom is -0.477 e. The van der Waals surface area contributed by atoms with Crippen LogP contribution in [0.25, 0.3) is 0 Å². The Balaban J connectivity index is 3.12. The third-order valence-electron chi connectivity index (χ3n) is 2.37. The van der Waals surface area contributed by atoms with Gasteiger partial charge in [-0.25, -0.2) is 4.79 Å². The number of nitro groups is 1. The van der Waals surface area contributed by atoms with Gasteiger partial charge in [0, 0.05) is 11.8 Å². The molecular weight excluding hydrogens is 236 g/mol. The monoisotopic (exact) mass is 248 g/mol. The van der Waals surface area contributed by atoms with Crippen LogP contribution in [-0.4, -0.2) is 22.0 Å². The quantitative estimate of drug-likeness (QED) is 0.473. The zero-order valence-electron chi connectivity index (χ0n) is 9.71. The molecule has 0 radical (unpaired) electrons. The number of carbonyl (C=O) groups is 1. The van der Waals surface area contributed by atoms with Crippen molar-refractivity contribution < 1.29 is 14.8 Å². The first-order chi connectivity index (χ1) is 8.49. The van der Waals surface area contributed by atoms with Crippen molar-refractivity contribution in [2.75, 3.05) is 5.32 Å². The Morgan fingerprint density at radius 2 is 2.33 bits per heavy atom. The molecule has 1 aromatic rings. The molecule has 0 aliphatic carbocycles. The molecule has 6 nitrogen and oxygen atoms in total. The molecule has 0 spiro atoms. The zero-order chi connectivity index (χ0) is 13.7. The van der Waals surface area contributed by atoms with Crippen molar-refractivity contribution in [1.29, 1.82) is 0 Å². The molecule has 18 heavy (non-hydrogen) atoms.